The molecule has 2 aromatic heterocycles. The van der Waals surface area contributed by atoms with Crippen molar-refractivity contribution in [1.29, 1.82) is 0 Å². The quantitative estimate of drug-likeness (QED) is 0.903. The van der Waals surface area contributed by atoms with Crippen molar-refractivity contribution >= 4 is 5.52 Å². The van der Waals surface area contributed by atoms with E-state index in [-0.39, 0.29) is 6.04 Å². The Bertz CT molecular complexity index is 513. The predicted octanol–water partition coefficient (Wildman–Crippen LogP) is 2.70. The molecule has 2 N–H and O–H groups in total. The van der Waals surface area contributed by atoms with E-state index in [9.17, 15) is 0 Å². The van der Waals surface area contributed by atoms with E-state index in [2.05, 4.69) is 10.1 Å². The lowest BCUT2D eigenvalue weighted by molar-refractivity contribution is 0.319. The molecule has 4 nitrogen and oxygen atoms in total. The third kappa shape index (κ3) is 2.25. The first-order chi connectivity index (χ1) is 8.84. The minimum Gasteiger partial charge on any atom is -0.324 e. The normalized spacial score (nSPS) is 19.2. The summed E-state index contributed by atoms with van der Waals surface area (Å²) >= 11 is 0. The zero-order valence-corrected chi connectivity index (χ0v) is 10.6. The number of aromatic nitrogens is 3. The summed E-state index contributed by atoms with van der Waals surface area (Å²) in [5.41, 5.74) is 8.53. The van der Waals surface area contributed by atoms with E-state index in [1.165, 1.54) is 32.1 Å². The Kier molecular flexibility index (Phi) is 3.28. The summed E-state index contributed by atoms with van der Waals surface area (Å²) in [7, 11) is 0. The molecule has 1 saturated carbocycles. The number of fused-ring (bicyclic) bond motifs is 1. The summed E-state index contributed by atoms with van der Waals surface area (Å²) in [5.74, 6) is 0.792. The number of rotatable bonds is 3. The third-order valence-corrected chi connectivity index (χ3v) is 4.07. The lowest BCUT2D eigenvalue weighted by atomic mass is 9.84. The van der Waals surface area contributed by atoms with Crippen molar-refractivity contribution in [2.75, 3.05) is 0 Å². The molecule has 4 heteroatoms. The highest BCUT2D eigenvalue weighted by Gasteiger charge is 2.19. The average Bonchev–Trinajstić information content (AvgIpc) is 2.84. The SMILES string of the molecule is NC(CC1CCCCC1)c1cnn2ccncc12. The monoisotopic (exact) mass is 244 g/mol. The maximum absolute atomic E-state index is 6.36. The van der Waals surface area contributed by atoms with Crippen LogP contribution in [0.25, 0.3) is 5.52 Å². The van der Waals surface area contributed by atoms with Gasteiger partial charge in [-0.1, -0.05) is 32.1 Å². The second-order valence-electron chi connectivity index (χ2n) is 5.35. The molecular weight excluding hydrogens is 224 g/mol. The van der Waals surface area contributed by atoms with Crippen LogP contribution >= 0.6 is 0 Å². The number of hydrogen-bond donors (Lipinski definition) is 1. The van der Waals surface area contributed by atoms with Crippen molar-refractivity contribution in [2.24, 2.45) is 11.7 Å². The lowest BCUT2D eigenvalue weighted by Crippen LogP contribution is -2.17. The number of nitrogens with zero attached hydrogens (tertiary/aromatic N) is 3. The van der Waals surface area contributed by atoms with Crippen LogP contribution in [-0.4, -0.2) is 14.6 Å². The van der Waals surface area contributed by atoms with Crippen molar-refractivity contribution in [3.8, 4) is 0 Å². The molecule has 96 valence electrons. The molecule has 1 fully saturated rings. The molecule has 1 aliphatic rings. The van der Waals surface area contributed by atoms with Gasteiger partial charge in [0.25, 0.3) is 0 Å². The van der Waals surface area contributed by atoms with Gasteiger partial charge in [0.05, 0.1) is 17.9 Å². The molecule has 0 aromatic carbocycles. The van der Waals surface area contributed by atoms with Gasteiger partial charge in [0, 0.05) is 24.0 Å². The standard InChI is InChI=1S/C14H20N4/c15-13(8-11-4-2-1-3-5-11)12-9-17-18-7-6-16-10-14(12)18/h6-7,9-11,13H,1-5,8,15H2. The van der Waals surface area contributed by atoms with Gasteiger partial charge >= 0.3 is 0 Å². The van der Waals surface area contributed by atoms with Crippen molar-refractivity contribution in [2.45, 2.75) is 44.6 Å². The van der Waals surface area contributed by atoms with Gasteiger partial charge in [-0.25, -0.2) is 4.52 Å². The van der Waals surface area contributed by atoms with Crippen LogP contribution < -0.4 is 5.73 Å². The second kappa shape index (κ2) is 5.06. The first-order valence-electron chi connectivity index (χ1n) is 6.87. The Morgan fingerprint density at radius 2 is 2.11 bits per heavy atom. The van der Waals surface area contributed by atoms with Crippen molar-refractivity contribution < 1.29 is 0 Å². The Hall–Kier alpha value is -1.42. The summed E-state index contributed by atoms with van der Waals surface area (Å²) in [6.45, 7) is 0. The zero-order valence-electron chi connectivity index (χ0n) is 10.6. The maximum atomic E-state index is 6.36. The summed E-state index contributed by atoms with van der Waals surface area (Å²) in [4.78, 5) is 4.16. The van der Waals surface area contributed by atoms with Crippen LogP contribution in [0.1, 0.15) is 50.1 Å². The highest BCUT2D eigenvalue weighted by atomic mass is 15.2. The fourth-order valence-corrected chi connectivity index (χ4v) is 3.05. The van der Waals surface area contributed by atoms with E-state index in [1.54, 1.807) is 6.20 Å². The summed E-state index contributed by atoms with van der Waals surface area (Å²) in [6.07, 6.45) is 15.2. The molecule has 1 aliphatic carbocycles. The fourth-order valence-electron chi connectivity index (χ4n) is 3.05. The maximum Gasteiger partial charge on any atom is 0.0892 e. The molecule has 0 spiro atoms. The topological polar surface area (TPSA) is 56.2 Å². The van der Waals surface area contributed by atoms with E-state index in [4.69, 9.17) is 5.73 Å². The molecule has 3 rings (SSSR count). The van der Waals surface area contributed by atoms with Crippen LogP contribution in [0.4, 0.5) is 0 Å². The van der Waals surface area contributed by atoms with Crippen LogP contribution in [0.2, 0.25) is 0 Å². The van der Waals surface area contributed by atoms with Gasteiger partial charge in [0.1, 0.15) is 0 Å². The third-order valence-electron chi connectivity index (χ3n) is 4.07. The number of hydrogen-bond acceptors (Lipinski definition) is 3. The van der Waals surface area contributed by atoms with E-state index < -0.39 is 0 Å². The summed E-state index contributed by atoms with van der Waals surface area (Å²) in [6, 6.07) is 0.0924. The van der Waals surface area contributed by atoms with Crippen molar-refractivity contribution in [3.05, 3.63) is 30.4 Å². The van der Waals surface area contributed by atoms with Gasteiger partial charge in [-0.2, -0.15) is 5.10 Å². The van der Waals surface area contributed by atoms with Crippen LogP contribution in [0.3, 0.4) is 0 Å². The molecule has 2 aromatic rings. The van der Waals surface area contributed by atoms with Crippen LogP contribution in [0.15, 0.2) is 24.8 Å². The molecule has 0 amide bonds. The van der Waals surface area contributed by atoms with Crippen LogP contribution in [-0.2, 0) is 0 Å². The van der Waals surface area contributed by atoms with Gasteiger partial charge in [-0.05, 0) is 12.3 Å². The van der Waals surface area contributed by atoms with Gasteiger partial charge in [-0.3, -0.25) is 4.98 Å². The summed E-state index contributed by atoms with van der Waals surface area (Å²) in [5, 5.41) is 4.33. The zero-order chi connectivity index (χ0) is 12.4. The first-order valence-corrected chi connectivity index (χ1v) is 6.87. The van der Waals surface area contributed by atoms with E-state index in [0.29, 0.717) is 0 Å². The van der Waals surface area contributed by atoms with E-state index >= 15 is 0 Å². The fraction of sp³-hybridized carbons (Fsp3) is 0.571. The molecule has 0 aliphatic heterocycles. The van der Waals surface area contributed by atoms with Crippen LogP contribution in [0, 0.1) is 5.92 Å². The largest absolute Gasteiger partial charge is 0.324 e. The molecule has 2 heterocycles. The van der Waals surface area contributed by atoms with Gasteiger partial charge in [-0.15, -0.1) is 0 Å². The van der Waals surface area contributed by atoms with Gasteiger partial charge in [0.15, 0.2) is 0 Å². The Balaban J connectivity index is 1.76. The highest BCUT2D eigenvalue weighted by Crippen LogP contribution is 2.31. The molecule has 1 unspecified atom stereocenters. The molecule has 0 bridgehead atoms. The van der Waals surface area contributed by atoms with Crippen LogP contribution in [0.5, 0.6) is 0 Å². The number of nitrogens with two attached hydrogens (primary N) is 1. The smallest absolute Gasteiger partial charge is 0.0892 e. The van der Waals surface area contributed by atoms with Gasteiger partial charge in [0.2, 0.25) is 0 Å². The van der Waals surface area contributed by atoms with E-state index in [1.807, 2.05) is 23.1 Å². The molecule has 0 radical (unpaired) electrons. The summed E-state index contributed by atoms with van der Waals surface area (Å²) < 4.78 is 1.85. The average molecular weight is 244 g/mol. The molecular formula is C14H20N4. The molecule has 0 saturated heterocycles. The van der Waals surface area contributed by atoms with E-state index in [0.717, 1.165) is 23.4 Å². The highest BCUT2D eigenvalue weighted by molar-refractivity contribution is 5.53. The minimum absolute atomic E-state index is 0.0924. The molecule has 18 heavy (non-hydrogen) atoms. The molecule has 1 atom stereocenters. The van der Waals surface area contributed by atoms with Crippen molar-refractivity contribution in [1.82, 2.24) is 14.6 Å². The lowest BCUT2D eigenvalue weighted by Gasteiger charge is -2.24. The Labute approximate surface area is 107 Å². The Morgan fingerprint density at radius 1 is 1.28 bits per heavy atom. The first kappa shape index (κ1) is 11.7. The van der Waals surface area contributed by atoms with Crippen molar-refractivity contribution in [3.63, 3.8) is 0 Å². The second-order valence-corrected chi connectivity index (χ2v) is 5.35. The van der Waals surface area contributed by atoms with Gasteiger partial charge < -0.3 is 5.73 Å². The minimum atomic E-state index is 0.0924. The predicted molar refractivity (Wildman–Crippen MR) is 71.1 cm³/mol. The Morgan fingerprint density at radius 3 is 2.94 bits per heavy atom.